The van der Waals surface area contributed by atoms with Gasteiger partial charge in [-0.25, -0.2) is 4.98 Å². The number of anilines is 1. The molecule has 0 aliphatic carbocycles. The average molecular weight is 280 g/mol. The summed E-state index contributed by atoms with van der Waals surface area (Å²) >= 11 is 3.47. The largest absolute Gasteiger partial charge is 0.359 e. The van der Waals surface area contributed by atoms with Crippen molar-refractivity contribution in [1.82, 2.24) is 9.97 Å². The van der Waals surface area contributed by atoms with Crippen LogP contribution in [0.4, 0.5) is 5.95 Å². The molecule has 16 heavy (non-hydrogen) atoms. The maximum Gasteiger partial charge on any atom is 0.200 e. The monoisotopic (exact) mass is 279 g/mol. The Morgan fingerprint density at radius 2 is 2.25 bits per heavy atom. The normalized spacial score (nSPS) is 10.4. The highest BCUT2D eigenvalue weighted by molar-refractivity contribution is 9.10. The topological polar surface area (TPSA) is 40.7 Å². The van der Waals surface area contributed by atoms with Crippen LogP contribution in [0.5, 0.6) is 0 Å². The highest BCUT2D eigenvalue weighted by atomic mass is 79.9. The average Bonchev–Trinajstić information content (AvgIpc) is 2.60. The van der Waals surface area contributed by atoms with Gasteiger partial charge in [0.1, 0.15) is 0 Å². The summed E-state index contributed by atoms with van der Waals surface area (Å²) in [5, 5.41) is 3.01. The van der Waals surface area contributed by atoms with Crippen molar-refractivity contribution in [2.24, 2.45) is 0 Å². The van der Waals surface area contributed by atoms with Gasteiger partial charge in [0, 0.05) is 23.6 Å². The van der Waals surface area contributed by atoms with Crippen molar-refractivity contribution in [3.05, 3.63) is 45.7 Å². The highest BCUT2D eigenvalue weighted by Crippen LogP contribution is 2.17. The van der Waals surface area contributed by atoms with Crippen molar-refractivity contribution in [3.63, 3.8) is 0 Å². The minimum absolute atomic E-state index is 0.822. The summed E-state index contributed by atoms with van der Waals surface area (Å²) in [4.78, 5) is 7.67. The van der Waals surface area contributed by atoms with Gasteiger partial charge in [-0.15, -0.1) is 0 Å². The van der Waals surface area contributed by atoms with Crippen molar-refractivity contribution in [2.45, 2.75) is 13.3 Å². The Balaban J connectivity index is 2.23. The summed E-state index contributed by atoms with van der Waals surface area (Å²) in [5.41, 5.74) is 3.46. The number of benzene rings is 1. The fraction of sp³-hybridized carbons (Fsp3) is 0.250. The molecule has 3 nitrogen and oxygen atoms in total. The number of nitrogens with one attached hydrogen (secondary N) is 2. The number of aromatic amines is 1. The van der Waals surface area contributed by atoms with Gasteiger partial charge in [0.25, 0.3) is 0 Å². The fourth-order valence-corrected chi connectivity index (χ4v) is 2.07. The number of nitrogens with zero attached hydrogens (tertiary/aromatic N) is 1. The number of aromatic nitrogens is 2. The third-order valence-electron chi connectivity index (χ3n) is 2.48. The van der Waals surface area contributed by atoms with Crippen LogP contribution < -0.4 is 5.32 Å². The zero-order valence-electron chi connectivity index (χ0n) is 9.34. The quantitative estimate of drug-likeness (QED) is 0.907. The second-order valence-corrected chi connectivity index (χ2v) is 4.63. The molecule has 1 aromatic carbocycles. The van der Waals surface area contributed by atoms with Crippen LogP contribution in [-0.2, 0) is 6.42 Å². The van der Waals surface area contributed by atoms with Crippen LogP contribution in [0.2, 0.25) is 0 Å². The molecule has 1 aromatic heterocycles. The van der Waals surface area contributed by atoms with Gasteiger partial charge in [0.05, 0.1) is 5.69 Å². The van der Waals surface area contributed by atoms with Crippen molar-refractivity contribution < 1.29 is 0 Å². The lowest BCUT2D eigenvalue weighted by Gasteiger charge is -2.00. The van der Waals surface area contributed by atoms with Crippen LogP contribution in [0, 0.1) is 6.92 Å². The minimum Gasteiger partial charge on any atom is -0.359 e. The van der Waals surface area contributed by atoms with E-state index in [2.05, 4.69) is 43.3 Å². The summed E-state index contributed by atoms with van der Waals surface area (Å²) in [6, 6.07) is 8.30. The van der Waals surface area contributed by atoms with Gasteiger partial charge >= 0.3 is 0 Å². The predicted molar refractivity (Wildman–Crippen MR) is 69.8 cm³/mol. The summed E-state index contributed by atoms with van der Waals surface area (Å²) in [6.07, 6.45) is 0.851. The molecule has 0 spiro atoms. The van der Waals surface area contributed by atoms with Crippen molar-refractivity contribution in [2.75, 3.05) is 12.4 Å². The molecule has 0 unspecified atom stereocenters. The lowest BCUT2D eigenvalue weighted by atomic mass is 10.1. The molecule has 2 rings (SSSR count). The summed E-state index contributed by atoms with van der Waals surface area (Å²) in [6.45, 7) is 2.04. The van der Waals surface area contributed by atoms with E-state index in [9.17, 15) is 0 Å². The second-order valence-electron chi connectivity index (χ2n) is 3.71. The molecule has 0 bridgehead atoms. The molecular formula is C12H14BrN3. The maximum atomic E-state index is 4.47. The van der Waals surface area contributed by atoms with Gasteiger partial charge < -0.3 is 10.3 Å². The first kappa shape index (κ1) is 11.2. The molecule has 84 valence electrons. The van der Waals surface area contributed by atoms with Gasteiger partial charge in [-0.2, -0.15) is 0 Å². The van der Waals surface area contributed by atoms with E-state index in [4.69, 9.17) is 0 Å². The van der Waals surface area contributed by atoms with E-state index >= 15 is 0 Å². The van der Waals surface area contributed by atoms with Crippen LogP contribution in [-0.4, -0.2) is 17.0 Å². The molecule has 2 aromatic rings. The van der Waals surface area contributed by atoms with Crippen LogP contribution in [0.15, 0.2) is 28.7 Å². The molecule has 0 fully saturated rings. The molecule has 1 heterocycles. The number of rotatable bonds is 3. The molecule has 0 aliphatic rings. The Kier molecular flexibility index (Phi) is 3.29. The predicted octanol–water partition coefficient (Wildman–Crippen LogP) is 3.11. The van der Waals surface area contributed by atoms with E-state index in [1.54, 1.807) is 0 Å². The molecule has 0 atom stereocenters. The van der Waals surface area contributed by atoms with E-state index in [1.807, 2.05) is 26.1 Å². The zero-order valence-corrected chi connectivity index (χ0v) is 10.9. The van der Waals surface area contributed by atoms with E-state index < -0.39 is 0 Å². The second kappa shape index (κ2) is 4.70. The number of H-pyrrole nitrogens is 1. The van der Waals surface area contributed by atoms with Gasteiger partial charge in [-0.1, -0.05) is 28.1 Å². The highest BCUT2D eigenvalue weighted by Gasteiger charge is 2.06. The van der Waals surface area contributed by atoms with Crippen LogP contribution in [0.3, 0.4) is 0 Å². The van der Waals surface area contributed by atoms with Gasteiger partial charge in [-0.05, 0) is 24.6 Å². The summed E-state index contributed by atoms with van der Waals surface area (Å²) in [7, 11) is 1.86. The van der Waals surface area contributed by atoms with E-state index in [1.165, 1.54) is 5.56 Å². The molecule has 0 saturated carbocycles. The molecule has 0 radical (unpaired) electrons. The Hall–Kier alpha value is -1.29. The number of hydrogen-bond donors (Lipinski definition) is 2. The number of halogens is 1. The molecule has 0 aliphatic heterocycles. The first-order valence-corrected chi connectivity index (χ1v) is 5.96. The third-order valence-corrected chi connectivity index (χ3v) is 2.98. The SMILES string of the molecule is CNc1nc(Cc2cccc(Br)c2)c(C)[nH]1. The Labute approximate surface area is 103 Å². The summed E-state index contributed by atoms with van der Waals surface area (Å²) < 4.78 is 1.10. The van der Waals surface area contributed by atoms with Gasteiger partial charge in [-0.3, -0.25) is 0 Å². The zero-order chi connectivity index (χ0) is 11.5. The molecule has 4 heteroatoms. The van der Waals surface area contributed by atoms with E-state index in [0.717, 1.165) is 28.2 Å². The Bertz CT molecular complexity index is 491. The van der Waals surface area contributed by atoms with Crippen molar-refractivity contribution >= 4 is 21.9 Å². The van der Waals surface area contributed by atoms with Crippen LogP contribution in [0.25, 0.3) is 0 Å². The lowest BCUT2D eigenvalue weighted by Crippen LogP contribution is -1.92. The fourth-order valence-electron chi connectivity index (χ4n) is 1.63. The minimum atomic E-state index is 0.822. The number of hydrogen-bond acceptors (Lipinski definition) is 2. The van der Waals surface area contributed by atoms with E-state index in [0.29, 0.717) is 0 Å². The van der Waals surface area contributed by atoms with E-state index in [-0.39, 0.29) is 0 Å². The maximum absolute atomic E-state index is 4.47. The number of aryl methyl sites for hydroxylation is 1. The smallest absolute Gasteiger partial charge is 0.200 e. The van der Waals surface area contributed by atoms with Crippen LogP contribution >= 0.6 is 15.9 Å². The molecule has 2 N–H and O–H groups in total. The first-order chi connectivity index (χ1) is 7.69. The number of imidazole rings is 1. The Morgan fingerprint density at radius 3 is 2.88 bits per heavy atom. The van der Waals surface area contributed by atoms with Crippen molar-refractivity contribution in [1.29, 1.82) is 0 Å². The summed E-state index contributed by atoms with van der Waals surface area (Å²) in [5.74, 6) is 0.822. The van der Waals surface area contributed by atoms with Crippen LogP contribution in [0.1, 0.15) is 17.0 Å². The molecular weight excluding hydrogens is 266 g/mol. The molecule has 0 amide bonds. The van der Waals surface area contributed by atoms with Crippen molar-refractivity contribution in [3.8, 4) is 0 Å². The van der Waals surface area contributed by atoms with Gasteiger partial charge in [0.2, 0.25) is 0 Å². The first-order valence-electron chi connectivity index (χ1n) is 5.16. The standard InChI is InChI=1S/C12H14BrN3/c1-8-11(16-12(14-2)15-8)7-9-4-3-5-10(13)6-9/h3-6H,7H2,1-2H3,(H2,14,15,16). The lowest BCUT2D eigenvalue weighted by molar-refractivity contribution is 1.08. The van der Waals surface area contributed by atoms with Gasteiger partial charge in [0.15, 0.2) is 5.95 Å². The Morgan fingerprint density at radius 1 is 1.44 bits per heavy atom. The third kappa shape index (κ3) is 2.44. The molecule has 0 saturated heterocycles.